The molecule has 1 aliphatic heterocycles. The summed E-state index contributed by atoms with van der Waals surface area (Å²) in [5.74, 6) is 0.870. The number of nitrogens with one attached hydrogen (secondary N) is 2. The van der Waals surface area contributed by atoms with E-state index in [0.29, 0.717) is 25.2 Å². The number of H-pyrrole nitrogens is 1. The van der Waals surface area contributed by atoms with Gasteiger partial charge in [-0.25, -0.2) is 0 Å². The van der Waals surface area contributed by atoms with Crippen molar-refractivity contribution in [3.63, 3.8) is 0 Å². The van der Waals surface area contributed by atoms with Crippen molar-refractivity contribution in [3.8, 4) is 5.75 Å². The molecule has 6 heteroatoms. The van der Waals surface area contributed by atoms with E-state index in [9.17, 15) is 9.59 Å². The Labute approximate surface area is 147 Å². The molecule has 2 heterocycles. The molecule has 1 aromatic carbocycles. The van der Waals surface area contributed by atoms with Crippen LogP contribution in [0.3, 0.4) is 0 Å². The van der Waals surface area contributed by atoms with Crippen LogP contribution in [-0.4, -0.2) is 48.4 Å². The minimum Gasteiger partial charge on any atom is -0.497 e. The summed E-state index contributed by atoms with van der Waals surface area (Å²) in [7, 11) is 1.62. The van der Waals surface area contributed by atoms with Gasteiger partial charge in [-0.15, -0.1) is 0 Å². The molecule has 1 saturated heterocycles. The number of carbonyl (C=O) groups is 2. The standard InChI is InChI=1S/C19H25N3O3/c1-25-15-8-7-14-12-17(21-16(14)13-15)19(24)20-9-5-11-22-10-4-2-3-6-18(22)23/h7-8,12-13,21H,2-6,9-11H2,1H3,(H,20,24). The second-order valence-corrected chi connectivity index (χ2v) is 6.44. The number of aromatic nitrogens is 1. The maximum absolute atomic E-state index is 12.3. The summed E-state index contributed by atoms with van der Waals surface area (Å²) in [6, 6.07) is 7.50. The molecule has 0 unspecified atom stereocenters. The van der Waals surface area contributed by atoms with Gasteiger partial charge in [-0.3, -0.25) is 9.59 Å². The number of ether oxygens (including phenoxy) is 1. The summed E-state index contributed by atoms with van der Waals surface area (Å²) in [6.07, 6.45) is 4.63. The molecule has 0 saturated carbocycles. The molecule has 2 N–H and O–H groups in total. The number of amides is 2. The number of fused-ring (bicyclic) bond motifs is 1. The van der Waals surface area contributed by atoms with E-state index in [1.807, 2.05) is 29.2 Å². The zero-order valence-electron chi connectivity index (χ0n) is 14.6. The summed E-state index contributed by atoms with van der Waals surface area (Å²) >= 11 is 0. The molecule has 3 rings (SSSR count). The summed E-state index contributed by atoms with van der Waals surface area (Å²) in [4.78, 5) is 29.3. The van der Waals surface area contributed by atoms with Crippen LogP contribution in [0.4, 0.5) is 0 Å². The highest BCUT2D eigenvalue weighted by atomic mass is 16.5. The molecular weight excluding hydrogens is 318 g/mol. The third-order valence-electron chi connectivity index (χ3n) is 4.64. The first-order valence-corrected chi connectivity index (χ1v) is 8.90. The van der Waals surface area contributed by atoms with Crippen LogP contribution in [-0.2, 0) is 4.79 Å². The number of methoxy groups -OCH3 is 1. The van der Waals surface area contributed by atoms with Crippen molar-refractivity contribution in [1.29, 1.82) is 0 Å². The number of hydrogen-bond donors (Lipinski definition) is 2. The van der Waals surface area contributed by atoms with Crippen LogP contribution in [0.5, 0.6) is 5.75 Å². The highest BCUT2D eigenvalue weighted by Crippen LogP contribution is 2.21. The van der Waals surface area contributed by atoms with Gasteiger partial charge in [-0.1, -0.05) is 6.42 Å². The Kier molecular flexibility index (Phi) is 5.58. The van der Waals surface area contributed by atoms with Gasteiger partial charge in [0.1, 0.15) is 11.4 Å². The van der Waals surface area contributed by atoms with E-state index < -0.39 is 0 Å². The van der Waals surface area contributed by atoms with Crippen LogP contribution in [0.2, 0.25) is 0 Å². The minimum atomic E-state index is -0.127. The molecule has 0 aliphatic carbocycles. The topological polar surface area (TPSA) is 74.4 Å². The molecule has 0 spiro atoms. The zero-order chi connectivity index (χ0) is 17.6. The normalized spacial score (nSPS) is 15.2. The molecule has 6 nitrogen and oxygen atoms in total. The number of hydrogen-bond acceptors (Lipinski definition) is 3. The summed E-state index contributed by atoms with van der Waals surface area (Å²) in [5, 5.41) is 3.89. The van der Waals surface area contributed by atoms with Gasteiger partial charge in [0.05, 0.1) is 7.11 Å². The summed E-state index contributed by atoms with van der Waals surface area (Å²) in [5.41, 5.74) is 1.41. The number of rotatable bonds is 6. The Morgan fingerprint density at radius 1 is 1.28 bits per heavy atom. The van der Waals surface area contributed by atoms with Crippen molar-refractivity contribution < 1.29 is 14.3 Å². The average molecular weight is 343 g/mol. The van der Waals surface area contributed by atoms with Crippen LogP contribution in [0.1, 0.15) is 42.6 Å². The molecule has 1 aromatic heterocycles. The molecule has 134 valence electrons. The van der Waals surface area contributed by atoms with E-state index in [2.05, 4.69) is 10.3 Å². The van der Waals surface area contributed by atoms with Gasteiger partial charge in [0, 0.05) is 43.0 Å². The van der Waals surface area contributed by atoms with E-state index in [-0.39, 0.29) is 11.8 Å². The first kappa shape index (κ1) is 17.3. The fourth-order valence-corrected chi connectivity index (χ4v) is 3.20. The second kappa shape index (κ2) is 8.05. The van der Waals surface area contributed by atoms with E-state index in [0.717, 1.165) is 48.9 Å². The summed E-state index contributed by atoms with van der Waals surface area (Å²) in [6.45, 7) is 2.11. The van der Waals surface area contributed by atoms with Gasteiger partial charge in [0.2, 0.25) is 5.91 Å². The molecule has 1 fully saturated rings. The van der Waals surface area contributed by atoms with Crippen molar-refractivity contribution in [3.05, 3.63) is 30.0 Å². The van der Waals surface area contributed by atoms with Gasteiger partial charge >= 0.3 is 0 Å². The van der Waals surface area contributed by atoms with Gasteiger partial charge in [0.15, 0.2) is 0 Å². The quantitative estimate of drug-likeness (QED) is 0.792. The van der Waals surface area contributed by atoms with Crippen molar-refractivity contribution in [2.75, 3.05) is 26.7 Å². The van der Waals surface area contributed by atoms with Gasteiger partial charge < -0.3 is 19.9 Å². The monoisotopic (exact) mass is 343 g/mol. The zero-order valence-corrected chi connectivity index (χ0v) is 14.6. The molecule has 2 amide bonds. The van der Waals surface area contributed by atoms with E-state index in [1.54, 1.807) is 7.11 Å². The third-order valence-corrected chi connectivity index (χ3v) is 4.64. The third kappa shape index (κ3) is 4.32. The molecule has 2 aromatic rings. The Balaban J connectivity index is 1.50. The Morgan fingerprint density at radius 2 is 2.16 bits per heavy atom. The maximum Gasteiger partial charge on any atom is 0.267 e. The first-order chi connectivity index (χ1) is 12.2. The predicted molar refractivity (Wildman–Crippen MR) is 96.8 cm³/mol. The highest BCUT2D eigenvalue weighted by Gasteiger charge is 2.16. The number of carbonyl (C=O) groups excluding carboxylic acids is 2. The van der Waals surface area contributed by atoms with Crippen molar-refractivity contribution in [2.24, 2.45) is 0 Å². The molecule has 0 bridgehead atoms. The van der Waals surface area contributed by atoms with E-state index in [4.69, 9.17) is 4.74 Å². The fourth-order valence-electron chi connectivity index (χ4n) is 3.20. The van der Waals surface area contributed by atoms with Gasteiger partial charge in [-0.2, -0.15) is 0 Å². The lowest BCUT2D eigenvalue weighted by molar-refractivity contribution is -0.130. The number of likely N-dealkylation sites (tertiary alicyclic amines) is 1. The largest absolute Gasteiger partial charge is 0.497 e. The van der Waals surface area contributed by atoms with Crippen LogP contribution in [0.15, 0.2) is 24.3 Å². The molecule has 0 atom stereocenters. The maximum atomic E-state index is 12.3. The lowest BCUT2D eigenvalue weighted by Gasteiger charge is -2.20. The van der Waals surface area contributed by atoms with Crippen LogP contribution in [0.25, 0.3) is 10.9 Å². The van der Waals surface area contributed by atoms with E-state index >= 15 is 0 Å². The van der Waals surface area contributed by atoms with Crippen molar-refractivity contribution in [1.82, 2.24) is 15.2 Å². The second-order valence-electron chi connectivity index (χ2n) is 6.44. The highest BCUT2D eigenvalue weighted by molar-refractivity contribution is 5.98. The van der Waals surface area contributed by atoms with Gasteiger partial charge in [0.25, 0.3) is 5.91 Å². The Hall–Kier alpha value is -2.50. The fraction of sp³-hybridized carbons (Fsp3) is 0.474. The van der Waals surface area contributed by atoms with Crippen molar-refractivity contribution >= 4 is 22.7 Å². The lowest BCUT2D eigenvalue weighted by Crippen LogP contribution is -2.34. The summed E-state index contributed by atoms with van der Waals surface area (Å²) < 4.78 is 5.19. The number of benzene rings is 1. The Bertz CT molecular complexity index is 753. The first-order valence-electron chi connectivity index (χ1n) is 8.90. The number of nitrogens with zero attached hydrogens (tertiary/aromatic N) is 1. The minimum absolute atomic E-state index is 0.127. The van der Waals surface area contributed by atoms with E-state index in [1.165, 1.54) is 0 Å². The predicted octanol–water partition coefficient (Wildman–Crippen LogP) is 2.70. The number of aromatic amines is 1. The van der Waals surface area contributed by atoms with Crippen LogP contribution in [0, 0.1) is 0 Å². The molecular formula is C19H25N3O3. The molecule has 0 radical (unpaired) electrons. The van der Waals surface area contributed by atoms with Crippen molar-refractivity contribution in [2.45, 2.75) is 32.1 Å². The van der Waals surface area contributed by atoms with Gasteiger partial charge in [-0.05, 0) is 37.5 Å². The smallest absolute Gasteiger partial charge is 0.267 e. The molecule has 1 aliphatic rings. The molecule has 25 heavy (non-hydrogen) atoms. The average Bonchev–Trinajstić information content (AvgIpc) is 2.95. The van der Waals surface area contributed by atoms with Crippen LogP contribution < -0.4 is 10.1 Å². The lowest BCUT2D eigenvalue weighted by atomic mass is 10.2. The van der Waals surface area contributed by atoms with Crippen LogP contribution >= 0.6 is 0 Å². The SMILES string of the molecule is COc1ccc2cc(C(=O)NCCCN3CCCCCC3=O)[nH]c2c1. The Morgan fingerprint density at radius 3 is 3.00 bits per heavy atom.